The molecule has 9 nitrogen and oxygen atoms in total. The Balaban J connectivity index is 1.24. The van der Waals surface area contributed by atoms with Crippen LogP contribution in [0.1, 0.15) is 40.7 Å². The first-order valence-electron chi connectivity index (χ1n) is 10.0. The third-order valence-electron chi connectivity index (χ3n) is 5.47. The quantitative estimate of drug-likeness (QED) is 0.690. The Bertz CT molecular complexity index is 1050. The fourth-order valence-electron chi connectivity index (χ4n) is 3.91. The van der Waals surface area contributed by atoms with Crippen LogP contribution in [-0.4, -0.2) is 45.5 Å². The van der Waals surface area contributed by atoms with E-state index in [2.05, 4.69) is 31.0 Å². The minimum Gasteiger partial charge on any atom is -0.459 e. The summed E-state index contributed by atoms with van der Waals surface area (Å²) in [7, 11) is 0. The molecule has 1 atom stereocenters. The van der Waals surface area contributed by atoms with Crippen LogP contribution in [0.15, 0.2) is 41.0 Å². The molecule has 4 heterocycles. The van der Waals surface area contributed by atoms with Crippen LogP contribution in [0, 0.1) is 0 Å². The number of hydrogen-bond acceptors (Lipinski definition) is 7. The second kappa shape index (κ2) is 7.83. The van der Waals surface area contributed by atoms with E-state index in [1.165, 1.54) is 11.8 Å². The number of fused-ring (bicyclic) bond motifs is 2. The topological polar surface area (TPSA) is 94.7 Å². The highest BCUT2D eigenvalue weighted by atomic mass is 16.7. The summed E-state index contributed by atoms with van der Waals surface area (Å²) in [6, 6.07) is 9.15. The maximum atomic E-state index is 12.3. The number of aromatic nitrogens is 3. The highest BCUT2D eigenvalue weighted by Gasteiger charge is 2.24. The second-order valence-corrected chi connectivity index (χ2v) is 7.51. The minimum atomic E-state index is -0.274. The van der Waals surface area contributed by atoms with E-state index < -0.39 is 0 Å². The molecule has 2 aromatic heterocycles. The predicted molar refractivity (Wildman–Crippen MR) is 106 cm³/mol. The monoisotopic (exact) mass is 409 g/mol. The fraction of sp³-hybridized carbons (Fsp3) is 0.381. The van der Waals surface area contributed by atoms with Crippen molar-refractivity contribution in [2.45, 2.75) is 32.5 Å². The number of hydrogen-bond donors (Lipinski definition) is 1. The van der Waals surface area contributed by atoms with Crippen molar-refractivity contribution < 1.29 is 18.7 Å². The van der Waals surface area contributed by atoms with E-state index in [1.54, 1.807) is 12.1 Å². The molecule has 0 spiro atoms. The van der Waals surface area contributed by atoms with Crippen molar-refractivity contribution in [3.63, 3.8) is 0 Å². The molecule has 0 saturated heterocycles. The molecule has 0 bridgehead atoms. The summed E-state index contributed by atoms with van der Waals surface area (Å²) in [5.41, 5.74) is 1.19. The summed E-state index contributed by atoms with van der Waals surface area (Å²) in [5, 5.41) is 11.6. The molecule has 2 aliphatic heterocycles. The van der Waals surface area contributed by atoms with Gasteiger partial charge in [0, 0.05) is 32.6 Å². The molecule has 0 saturated carbocycles. The van der Waals surface area contributed by atoms with Gasteiger partial charge in [0.25, 0.3) is 5.91 Å². The van der Waals surface area contributed by atoms with Gasteiger partial charge in [-0.1, -0.05) is 6.07 Å². The lowest BCUT2D eigenvalue weighted by Crippen LogP contribution is -2.30. The van der Waals surface area contributed by atoms with E-state index in [-0.39, 0.29) is 24.5 Å². The van der Waals surface area contributed by atoms with Crippen LogP contribution in [0.2, 0.25) is 0 Å². The summed E-state index contributed by atoms with van der Waals surface area (Å²) in [6.07, 6.45) is 2.29. The second-order valence-electron chi connectivity index (χ2n) is 7.51. The van der Waals surface area contributed by atoms with Crippen molar-refractivity contribution in [2.24, 2.45) is 0 Å². The van der Waals surface area contributed by atoms with Crippen molar-refractivity contribution >= 4 is 5.91 Å². The summed E-state index contributed by atoms with van der Waals surface area (Å²) >= 11 is 0. The highest BCUT2D eigenvalue weighted by Crippen LogP contribution is 2.33. The van der Waals surface area contributed by atoms with Gasteiger partial charge in [-0.25, -0.2) is 0 Å². The average molecular weight is 409 g/mol. The largest absolute Gasteiger partial charge is 0.459 e. The number of nitrogens with one attached hydrogen (secondary N) is 1. The number of amides is 1. The van der Waals surface area contributed by atoms with Gasteiger partial charge in [0.1, 0.15) is 5.82 Å². The molecular weight excluding hydrogens is 386 g/mol. The lowest BCUT2D eigenvalue weighted by molar-refractivity contribution is 0.0909. The number of rotatable bonds is 5. The van der Waals surface area contributed by atoms with E-state index in [1.807, 2.05) is 19.1 Å². The van der Waals surface area contributed by atoms with E-state index >= 15 is 0 Å². The van der Waals surface area contributed by atoms with Gasteiger partial charge < -0.3 is 23.8 Å². The highest BCUT2D eigenvalue weighted by molar-refractivity contribution is 5.91. The first kappa shape index (κ1) is 18.7. The Hall–Kier alpha value is -3.33. The molecule has 3 aromatic rings. The van der Waals surface area contributed by atoms with Crippen LogP contribution in [0.25, 0.3) is 0 Å². The minimum absolute atomic E-state index is 0.261. The van der Waals surface area contributed by atoms with Gasteiger partial charge in [-0.05, 0) is 36.8 Å². The molecule has 2 aliphatic rings. The Kier molecular flexibility index (Phi) is 4.88. The van der Waals surface area contributed by atoms with E-state index in [9.17, 15) is 4.79 Å². The predicted octanol–water partition coefficient (Wildman–Crippen LogP) is 2.15. The van der Waals surface area contributed by atoms with Crippen molar-refractivity contribution in [3.05, 3.63) is 59.6 Å². The fourth-order valence-corrected chi connectivity index (χ4v) is 3.91. The van der Waals surface area contributed by atoms with Crippen molar-refractivity contribution in [2.75, 3.05) is 19.9 Å². The molecule has 0 aliphatic carbocycles. The molecular formula is C21H23N5O4. The molecule has 0 unspecified atom stereocenters. The van der Waals surface area contributed by atoms with Gasteiger partial charge in [0.2, 0.25) is 6.79 Å². The average Bonchev–Trinajstić information content (AvgIpc) is 3.48. The standard InChI is InChI=1S/C21H23N5O4/c1-14(22-21(27)17-3-2-10-28-17)20-24-23-19-6-7-25(8-9-26(19)20)12-15-4-5-16-18(11-15)30-13-29-16/h2-5,10-11,14H,6-9,12-13H2,1H3,(H,22,27)/t14-/m0/s1. The lowest BCUT2D eigenvalue weighted by atomic mass is 10.2. The maximum Gasteiger partial charge on any atom is 0.287 e. The zero-order chi connectivity index (χ0) is 20.5. The molecule has 0 fully saturated rings. The Morgan fingerprint density at radius 3 is 2.93 bits per heavy atom. The normalized spacial score (nSPS) is 16.7. The zero-order valence-corrected chi connectivity index (χ0v) is 16.7. The van der Waals surface area contributed by atoms with E-state index in [0.29, 0.717) is 0 Å². The van der Waals surface area contributed by atoms with Crippen molar-refractivity contribution in [1.29, 1.82) is 0 Å². The van der Waals surface area contributed by atoms with Crippen LogP contribution in [-0.2, 0) is 19.5 Å². The van der Waals surface area contributed by atoms with Crippen molar-refractivity contribution in [1.82, 2.24) is 25.0 Å². The number of carbonyl (C=O) groups is 1. The molecule has 1 amide bonds. The summed E-state index contributed by atoms with van der Waals surface area (Å²) in [5.74, 6) is 3.33. The number of ether oxygens (including phenoxy) is 2. The first-order valence-corrected chi connectivity index (χ1v) is 10.0. The maximum absolute atomic E-state index is 12.3. The zero-order valence-electron chi connectivity index (χ0n) is 16.7. The van der Waals surface area contributed by atoms with Gasteiger partial charge in [-0.2, -0.15) is 0 Å². The Morgan fingerprint density at radius 1 is 1.17 bits per heavy atom. The van der Waals surface area contributed by atoms with Gasteiger partial charge >= 0.3 is 0 Å². The summed E-state index contributed by atoms with van der Waals surface area (Å²) in [4.78, 5) is 14.7. The third kappa shape index (κ3) is 3.63. The van der Waals surface area contributed by atoms with E-state index in [0.717, 1.165) is 55.7 Å². The SMILES string of the molecule is C[C@H](NC(=O)c1ccco1)c1nnc2n1CCN(Cc1ccc3c(c1)OCO3)CC2. The molecule has 156 valence electrons. The van der Waals surface area contributed by atoms with Gasteiger partial charge in [-0.15, -0.1) is 10.2 Å². The van der Waals surface area contributed by atoms with Gasteiger partial charge in [0.15, 0.2) is 23.1 Å². The number of nitrogens with zero attached hydrogens (tertiary/aromatic N) is 4. The number of benzene rings is 1. The van der Waals surface area contributed by atoms with Crippen LogP contribution < -0.4 is 14.8 Å². The van der Waals surface area contributed by atoms with Crippen LogP contribution in [0.3, 0.4) is 0 Å². The van der Waals surface area contributed by atoms with E-state index in [4.69, 9.17) is 13.9 Å². The van der Waals surface area contributed by atoms with Crippen LogP contribution in [0.5, 0.6) is 11.5 Å². The molecule has 5 rings (SSSR count). The summed E-state index contributed by atoms with van der Waals surface area (Å²) < 4.78 is 18.2. The smallest absolute Gasteiger partial charge is 0.287 e. The van der Waals surface area contributed by atoms with Gasteiger partial charge in [0.05, 0.1) is 12.3 Å². The van der Waals surface area contributed by atoms with Crippen LogP contribution >= 0.6 is 0 Å². The third-order valence-corrected chi connectivity index (χ3v) is 5.47. The molecule has 1 aromatic carbocycles. The molecule has 9 heteroatoms. The molecule has 30 heavy (non-hydrogen) atoms. The van der Waals surface area contributed by atoms with Gasteiger partial charge in [-0.3, -0.25) is 9.69 Å². The number of carbonyl (C=O) groups excluding carboxylic acids is 1. The Labute approximate surface area is 173 Å². The Morgan fingerprint density at radius 2 is 2.07 bits per heavy atom. The molecule has 1 N–H and O–H groups in total. The lowest BCUT2D eigenvalue weighted by Gasteiger charge is -2.20. The summed E-state index contributed by atoms with van der Waals surface area (Å²) in [6.45, 7) is 5.55. The van der Waals surface area contributed by atoms with Crippen molar-refractivity contribution in [3.8, 4) is 11.5 Å². The van der Waals surface area contributed by atoms with Crippen LogP contribution in [0.4, 0.5) is 0 Å². The number of furan rings is 1. The first-order chi connectivity index (χ1) is 14.7. The molecule has 0 radical (unpaired) electrons.